The molecule has 76 valence electrons. The molecule has 1 rings (SSSR count). The van der Waals surface area contributed by atoms with Crippen LogP contribution in [0.15, 0.2) is 34.8 Å². The minimum atomic E-state index is -0.499. The molecule has 1 atom stereocenters. The SMILES string of the molecule is C=C(C)CC(O)c1ccc(Cl)c(Br)c1. The van der Waals surface area contributed by atoms with E-state index in [4.69, 9.17) is 11.6 Å². The van der Waals surface area contributed by atoms with E-state index in [-0.39, 0.29) is 0 Å². The molecule has 1 N–H and O–H groups in total. The third kappa shape index (κ3) is 3.12. The molecule has 0 aliphatic rings. The molecule has 0 aromatic heterocycles. The summed E-state index contributed by atoms with van der Waals surface area (Å²) in [6, 6.07) is 5.42. The van der Waals surface area contributed by atoms with Crippen LogP contribution in [-0.4, -0.2) is 5.11 Å². The monoisotopic (exact) mass is 274 g/mol. The Morgan fingerprint density at radius 2 is 2.29 bits per heavy atom. The van der Waals surface area contributed by atoms with E-state index < -0.39 is 6.10 Å². The fourth-order valence-electron chi connectivity index (χ4n) is 1.17. The molecule has 1 aromatic carbocycles. The van der Waals surface area contributed by atoms with Crippen LogP contribution in [0.2, 0.25) is 5.02 Å². The van der Waals surface area contributed by atoms with E-state index >= 15 is 0 Å². The lowest BCUT2D eigenvalue weighted by Crippen LogP contribution is -1.97. The van der Waals surface area contributed by atoms with Crippen molar-refractivity contribution in [3.8, 4) is 0 Å². The minimum Gasteiger partial charge on any atom is -0.388 e. The molecule has 0 spiro atoms. The summed E-state index contributed by atoms with van der Waals surface area (Å²) in [4.78, 5) is 0. The van der Waals surface area contributed by atoms with Crippen molar-refractivity contribution in [2.45, 2.75) is 19.4 Å². The minimum absolute atomic E-state index is 0.499. The van der Waals surface area contributed by atoms with Crippen molar-refractivity contribution in [1.82, 2.24) is 0 Å². The molecular weight excluding hydrogens is 263 g/mol. The standard InChI is InChI=1S/C11H12BrClO/c1-7(2)5-11(14)8-3-4-10(13)9(12)6-8/h3-4,6,11,14H,1,5H2,2H3. The van der Waals surface area contributed by atoms with Crippen LogP contribution >= 0.6 is 27.5 Å². The highest BCUT2D eigenvalue weighted by Crippen LogP contribution is 2.28. The van der Waals surface area contributed by atoms with Gasteiger partial charge in [0.1, 0.15) is 0 Å². The smallest absolute Gasteiger partial charge is 0.0827 e. The third-order valence-electron chi connectivity index (χ3n) is 1.87. The Bertz CT molecular complexity index is 349. The quantitative estimate of drug-likeness (QED) is 0.823. The lowest BCUT2D eigenvalue weighted by atomic mass is 10.0. The molecule has 1 unspecified atom stereocenters. The molecular formula is C11H12BrClO. The lowest BCUT2D eigenvalue weighted by molar-refractivity contribution is 0.178. The van der Waals surface area contributed by atoms with Gasteiger partial charge in [-0.25, -0.2) is 0 Å². The van der Waals surface area contributed by atoms with Gasteiger partial charge in [-0.05, 0) is 47.0 Å². The Morgan fingerprint density at radius 3 is 2.79 bits per heavy atom. The zero-order chi connectivity index (χ0) is 10.7. The van der Waals surface area contributed by atoms with Gasteiger partial charge in [-0.15, -0.1) is 6.58 Å². The van der Waals surface area contributed by atoms with Crippen LogP contribution in [0.5, 0.6) is 0 Å². The number of aliphatic hydroxyl groups is 1. The summed E-state index contributed by atoms with van der Waals surface area (Å²) in [5, 5.41) is 10.4. The normalized spacial score (nSPS) is 12.6. The molecule has 0 bridgehead atoms. The average molecular weight is 276 g/mol. The first-order valence-corrected chi connectivity index (χ1v) is 5.45. The average Bonchev–Trinajstić information content (AvgIpc) is 2.08. The molecule has 0 amide bonds. The van der Waals surface area contributed by atoms with Gasteiger partial charge < -0.3 is 5.11 Å². The fourth-order valence-corrected chi connectivity index (χ4v) is 1.68. The van der Waals surface area contributed by atoms with E-state index in [1.807, 2.05) is 19.1 Å². The van der Waals surface area contributed by atoms with Crippen molar-refractivity contribution >= 4 is 27.5 Å². The number of rotatable bonds is 3. The summed E-state index contributed by atoms with van der Waals surface area (Å²) >= 11 is 9.16. The van der Waals surface area contributed by atoms with Crippen LogP contribution in [0.3, 0.4) is 0 Å². The largest absolute Gasteiger partial charge is 0.388 e. The van der Waals surface area contributed by atoms with E-state index in [2.05, 4.69) is 22.5 Å². The fraction of sp³-hybridized carbons (Fsp3) is 0.273. The zero-order valence-corrected chi connectivity index (χ0v) is 10.3. The van der Waals surface area contributed by atoms with Crippen molar-refractivity contribution in [2.75, 3.05) is 0 Å². The van der Waals surface area contributed by atoms with Crippen LogP contribution in [0.1, 0.15) is 25.0 Å². The van der Waals surface area contributed by atoms with Crippen molar-refractivity contribution in [3.63, 3.8) is 0 Å². The van der Waals surface area contributed by atoms with Crippen LogP contribution in [-0.2, 0) is 0 Å². The van der Waals surface area contributed by atoms with Gasteiger partial charge in [0.05, 0.1) is 11.1 Å². The Morgan fingerprint density at radius 1 is 1.64 bits per heavy atom. The molecule has 14 heavy (non-hydrogen) atoms. The van der Waals surface area contributed by atoms with E-state index in [1.54, 1.807) is 6.07 Å². The maximum atomic E-state index is 9.78. The van der Waals surface area contributed by atoms with Crippen molar-refractivity contribution < 1.29 is 5.11 Å². The summed E-state index contributed by atoms with van der Waals surface area (Å²) in [5.41, 5.74) is 1.81. The van der Waals surface area contributed by atoms with Gasteiger partial charge in [-0.3, -0.25) is 0 Å². The highest BCUT2D eigenvalue weighted by atomic mass is 79.9. The maximum absolute atomic E-state index is 9.78. The van der Waals surface area contributed by atoms with Crippen molar-refractivity contribution in [1.29, 1.82) is 0 Å². The topological polar surface area (TPSA) is 20.2 Å². The number of aliphatic hydroxyl groups excluding tert-OH is 1. The zero-order valence-electron chi connectivity index (χ0n) is 7.93. The molecule has 0 radical (unpaired) electrons. The van der Waals surface area contributed by atoms with Gasteiger partial charge >= 0.3 is 0 Å². The van der Waals surface area contributed by atoms with Gasteiger partial charge in [0.15, 0.2) is 0 Å². The van der Waals surface area contributed by atoms with Gasteiger partial charge in [-0.2, -0.15) is 0 Å². The molecule has 0 saturated heterocycles. The van der Waals surface area contributed by atoms with E-state index in [1.165, 1.54) is 0 Å². The van der Waals surface area contributed by atoms with Crippen LogP contribution < -0.4 is 0 Å². The number of hydrogen-bond acceptors (Lipinski definition) is 1. The first-order chi connectivity index (χ1) is 6.50. The molecule has 1 aromatic rings. The molecule has 0 aliphatic carbocycles. The Kier molecular flexibility index (Phi) is 4.17. The molecule has 0 aliphatic heterocycles. The van der Waals surface area contributed by atoms with Crippen LogP contribution in [0.25, 0.3) is 0 Å². The summed E-state index contributed by atoms with van der Waals surface area (Å²) in [6.07, 6.45) is 0.0784. The molecule has 0 heterocycles. The number of hydrogen-bond donors (Lipinski definition) is 1. The second kappa shape index (κ2) is 4.96. The Balaban J connectivity index is 2.85. The summed E-state index contributed by atoms with van der Waals surface area (Å²) in [6.45, 7) is 5.66. The third-order valence-corrected chi connectivity index (χ3v) is 3.08. The number of benzene rings is 1. The van der Waals surface area contributed by atoms with E-state index in [9.17, 15) is 5.11 Å². The maximum Gasteiger partial charge on any atom is 0.0827 e. The summed E-state index contributed by atoms with van der Waals surface area (Å²) in [5.74, 6) is 0. The second-order valence-electron chi connectivity index (χ2n) is 3.35. The van der Waals surface area contributed by atoms with Crippen molar-refractivity contribution in [2.24, 2.45) is 0 Å². The molecule has 0 saturated carbocycles. The van der Waals surface area contributed by atoms with Gasteiger partial charge in [0, 0.05) is 4.47 Å². The van der Waals surface area contributed by atoms with Crippen LogP contribution in [0.4, 0.5) is 0 Å². The Hall–Kier alpha value is -0.310. The second-order valence-corrected chi connectivity index (χ2v) is 4.61. The molecule has 3 heteroatoms. The van der Waals surface area contributed by atoms with E-state index in [0.29, 0.717) is 11.4 Å². The predicted molar refractivity (Wildman–Crippen MR) is 63.5 cm³/mol. The van der Waals surface area contributed by atoms with Crippen molar-refractivity contribution in [3.05, 3.63) is 45.4 Å². The summed E-state index contributed by atoms with van der Waals surface area (Å²) < 4.78 is 0.803. The molecule has 1 nitrogen and oxygen atoms in total. The first kappa shape index (κ1) is 11.8. The highest BCUT2D eigenvalue weighted by Gasteiger charge is 2.08. The first-order valence-electron chi connectivity index (χ1n) is 4.28. The number of halogens is 2. The van der Waals surface area contributed by atoms with Crippen LogP contribution in [0, 0.1) is 0 Å². The lowest BCUT2D eigenvalue weighted by Gasteiger charge is -2.11. The predicted octanol–water partition coefficient (Wildman–Crippen LogP) is 4.10. The van der Waals surface area contributed by atoms with E-state index in [0.717, 1.165) is 15.6 Å². The Labute approximate surface area is 97.5 Å². The summed E-state index contributed by atoms with van der Waals surface area (Å²) in [7, 11) is 0. The highest BCUT2D eigenvalue weighted by molar-refractivity contribution is 9.10. The molecule has 0 fully saturated rings. The van der Waals surface area contributed by atoms with Gasteiger partial charge in [0.25, 0.3) is 0 Å². The van der Waals surface area contributed by atoms with Gasteiger partial charge in [0.2, 0.25) is 0 Å². The van der Waals surface area contributed by atoms with Gasteiger partial charge in [-0.1, -0.05) is 23.2 Å².